The molecule has 0 spiro atoms. The summed E-state index contributed by atoms with van der Waals surface area (Å²) in [4.78, 5) is 0. The van der Waals surface area contributed by atoms with E-state index in [1.807, 2.05) is 12.2 Å². The van der Waals surface area contributed by atoms with E-state index < -0.39 is 13.0 Å². The van der Waals surface area contributed by atoms with Crippen molar-refractivity contribution in [3.63, 3.8) is 0 Å². The average Bonchev–Trinajstić information content (AvgIpc) is 2.08. The Kier molecular flexibility index (Phi) is 4.59. The summed E-state index contributed by atoms with van der Waals surface area (Å²) >= 11 is 3.35. The molecule has 0 aromatic rings. The topological polar surface area (TPSA) is 9.23 Å². The Labute approximate surface area is 84.6 Å². The minimum atomic E-state index is -2.38. The van der Waals surface area contributed by atoms with Gasteiger partial charge in [0.25, 0.3) is 6.43 Å². The van der Waals surface area contributed by atoms with Gasteiger partial charge in [0.05, 0.1) is 6.61 Å². The van der Waals surface area contributed by atoms with Crippen molar-refractivity contribution >= 4 is 15.9 Å². The van der Waals surface area contributed by atoms with Gasteiger partial charge in [0.1, 0.15) is 6.61 Å². The number of allylic oxidation sites excluding steroid dienone is 2. The van der Waals surface area contributed by atoms with E-state index in [9.17, 15) is 8.78 Å². The van der Waals surface area contributed by atoms with E-state index >= 15 is 0 Å². The molecular formula is C9H11BrF2O. The molecule has 1 rings (SSSR count). The summed E-state index contributed by atoms with van der Waals surface area (Å²) in [6.07, 6.45) is 3.62. The summed E-state index contributed by atoms with van der Waals surface area (Å²) in [7, 11) is 0. The second-order valence-corrected chi connectivity index (χ2v) is 3.62. The first-order valence-electron chi connectivity index (χ1n) is 4.11. The van der Waals surface area contributed by atoms with Crippen molar-refractivity contribution in [2.45, 2.75) is 19.3 Å². The van der Waals surface area contributed by atoms with E-state index in [0.717, 1.165) is 22.9 Å². The van der Waals surface area contributed by atoms with Gasteiger partial charge < -0.3 is 4.74 Å². The van der Waals surface area contributed by atoms with Crippen molar-refractivity contribution in [3.05, 3.63) is 22.2 Å². The lowest BCUT2D eigenvalue weighted by molar-refractivity contribution is 0.0268. The zero-order valence-electron chi connectivity index (χ0n) is 7.10. The third-order valence-corrected chi connectivity index (χ3v) is 2.52. The van der Waals surface area contributed by atoms with Crippen molar-refractivity contribution in [3.8, 4) is 0 Å². The van der Waals surface area contributed by atoms with E-state index in [2.05, 4.69) is 15.9 Å². The van der Waals surface area contributed by atoms with E-state index in [1.54, 1.807) is 0 Å². The van der Waals surface area contributed by atoms with Gasteiger partial charge in [0.15, 0.2) is 0 Å². The van der Waals surface area contributed by atoms with Gasteiger partial charge in [0.2, 0.25) is 0 Å². The Bertz CT molecular complexity index is 224. The predicted molar refractivity (Wildman–Crippen MR) is 51.2 cm³/mol. The Morgan fingerprint density at radius 2 is 2.08 bits per heavy atom. The first kappa shape index (κ1) is 10.9. The Balaban J connectivity index is 2.28. The van der Waals surface area contributed by atoms with Gasteiger partial charge in [-0.3, -0.25) is 0 Å². The molecular weight excluding hydrogens is 242 g/mol. The third kappa shape index (κ3) is 4.00. The molecule has 0 bridgehead atoms. The fourth-order valence-corrected chi connectivity index (χ4v) is 1.59. The molecule has 74 valence electrons. The summed E-state index contributed by atoms with van der Waals surface area (Å²) in [6, 6.07) is 0. The van der Waals surface area contributed by atoms with Crippen LogP contribution in [0.2, 0.25) is 0 Å². The van der Waals surface area contributed by atoms with Crippen LogP contribution in [0.3, 0.4) is 0 Å². The second-order valence-electron chi connectivity index (χ2n) is 2.76. The number of hydrogen-bond donors (Lipinski definition) is 0. The lowest BCUT2D eigenvalue weighted by Gasteiger charge is -2.11. The molecule has 0 amide bonds. The molecule has 0 radical (unpaired) electrons. The number of halogens is 3. The molecule has 1 nitrogen and oxygen atoms in total. The molecule has 0 N–H and O–H groups in total. The van der Waals surface area contributed by atoms with Crippen molar-refractivity contribution in [1.29, 1.82) is 0 Å². The van der Waals surface area contributed by atoms with Crippen molar-refractivity contribution in [1.82, 2.24) is 0 Å². The smallest absolute Gasteiger partial charge is 0.261 e. The van der Waals surface area contributed by atoms with Crippen molar-refractivity contribution in [2.75, 3.05) is 13.2 Å². The predicted octanol–water partition coefficient (Wildman–Crippen LogP) is 3.27. The summed E-state index contributed by atoms with van der Waals surface area (Å²) in [5, 5.41) is 0. The lowest BCUT2D eigenvalue weighted by Crippen LogP contribution is -2.08. The summed E-state index contributed by atoms with van der Waals surface area (Å²) in [6.45, 7) is -0.223. The standard InChI is InChI=1S/C9H11BrF2O/c10-8-4-2-1-3-7(8)5-13-6-9(11)12/h3-4,9H,1-2,5-6H2. The Morgan fingerprint density at radius 1 is 1.38 bits per heavy atom. The van der Waals surface area contributed by atoms with E-state index in [4.69, 9.17) is 4.74 Å². The van der Waals surface area contributed by atoms with Gasteiger partial charge >= 0.3 is 0 Å². The molecule has 0 fully saturated rings. The molecule has 0 heterocycles. The highest BCUT2D eigenvalue weighted by Gasteiger charge is 2.07. The van der Waals surface area contributed by atoms with Gasteiger partial charge in [-0.05, 0) is 18.4 Å². The largest absolute Gasteiger partial charge is 0.371 e. The van der Waals surface area contributed by atoms with Crippen LogP contribution in [-0.2, 0) is 4.74 Å². The summed E-state index contributed by atoms with van der Waals surface area (Å²) < 4.78 is 29.2. The average molecular weight is 253 g/mol. The fourth-order valence-electron chi connectivity index (χ4n) is 1.08. The van der Waals surface area contributed by atoms with E-state index in [1.165, 1.54) is 0 Å². The number of rotatable bonds is 4. The molecule has 1 aliphatic carbocycles. The number of hydrogen-bond acceptors (Lipinski definition) is 1. The molecule has 0 aromatic carbocycles. The first-order chi connectivity index (χ1) is 6.20. The lowest BCUT2D eigenvalue weighted by atomic mass is 10.1. The van der Waals surface area contributed by atoms with E-state index in [0.29, 0.717) is 0 Å². The van der Waals surface area contributed by atoms with Crippen molar-refractivity contribution in [2.24, 2.45) is 0 Å². The first-order valence-corrected chi connectivity index (χ1v) is 4.90. The third-order valence-electron chi connectivity index (χ3n) is 1.69. The van der Waals surface area contributed by atoms with Crippen LogP contribution in [0.1, 0.15) is 12.8 Å². The fraction of sp³-hybridized carbons (Fsp3) is 0.556. The highest BCUT2D eigenvalue weighted by molar-refractivity contribution is 9.12. The van der Waals surface area contributed by atoms with Gasteiger partial charge in [-0.15, -0.1) is 0 Å². The highest BCUT2D eigenvalue weighted by Crippen LogP contribution is 2.23. The maximum Gasteiger partial charge on any atom is 0.261 e. The van der Waals surface area contributed by atoms with Crippen LogP contribution in [0.25, 0.3) is 0 Å². The second kappa shape index (κ2) is 5.50. The van der Waals surface area contributed by atoms with Gasteiger partial charge in [-0.2, -0.15) is 0 Å². The van der Waals surface area contributed by atoms with Gasteiger partial charge in [0, 0.05) is 4.48 Å². The van der Waals surface area contributed by atoms with E-state index in [-0.39, 0.29) is 6.61 Å². The maximum atomic E-state index is 11.7. The quantitative estimate of drug-likeness (QED) is 0.747. The summed E-state index contributed by atoms with van der Waals surface area (Å²) in [5.74, 6) is 0. The zero-order valence-corrected chi connectivity index (χ0v) is 8.69. The number of alkyl halides is 2. The number of ether oxygens (including phenoxy) is 1. The van der Waals surface area contributed by atoms with Gasteiger partial charge in [-0.1, -0.05) is 28.1 Å². The van der Waals surface area contributed by atoms with Crippen LogP contribution in [0.5, 0.6) is 0 Å². The maximum absolute atomic E-state index is 11.7. The van der Waals surface area contributed by atoms with Crippen molar-refractivity contribution < 1.29 is 13.5 Å². The van der Waals surface area contributed by atoms with Crippen LogP contribution in [-0.4, -0.2) is 19.6 Å². The summed E-state index contributed by atoms with van der Waals surface area (Å²) in [5.41, 5.74) is 0.965. The minimum absolute atomic E-state index is 0.265. The molecule has 13 heavy (non-hydrogen) atoms. The molecule has 4 heteroatoms. The zero-order chi connectivity index (χ0) is 9.68. The SMILES string of the molecule is FC(F)COCC1=CCCC=C1Br. The minimum Gasteiger partial charge on any atom is -0.371 e. The molecule has 0 unspecified atom stereocenters. The normalized spacial score (nSPS) is 17.2. The Morgan fingerprint density at radius 3 is 2.69 bits per heavy atom. The molecule has 0 aliphatic heterocycles. The molecule has 0 aromatic heterocycles. The van der Waals surface area contributed by atoms with Crippen LogP contribution in [0, 0.1) is 0 Å². The monoisotopic (exact) mass is 252 g/mol. The van der Waals surface area contributed by atoms with Crippen LogP contribution in [0.15, 0.2) is 22.2 Å². The molecule has 0 saturated carbocycles. The molecule has 0 saturated heterocycles. The molecule has 0 atom stereocenters. The van der Waals surface area contributed by atoms with Crippen LogP contribution >= 0.6 is 15.9 Å². The van der Waals surface area contributed by atoms with Crippen LogP contribution in [0.4, 0.5) is 8.78 Å². The highest BCUT2D eigenvalue weighted by atomic mass is 79.9. The molecule has 1 aliphatic rings. The Hall–Kier alpha value is -0.220. The van der Waals surface area contributed by atoms with Crippen LogP contribution < -0.4 is 0 Å². The van der Waals surface area contributed by atoms with Gasteiger partial charge in [-0.25, -0.2) is 8.78 Å².